The number of amides is 1. The number of rotatable bonds is 4. The first-order valence-electron chi connectivity index (χ1n) is 7.47. The third kappa shape index (κ3) is 2.51. The fraction of sp³-hybridized carbons (Fsp3) is 0.562. The molecule has 5 heteroatoms. The number of hydrogen-bond donors (Lipinski definition) is 2. The highest BCUT2D eigenvalue weighted by molar-refractivity contribution is 5.69. The van der Waals surface area contributed by atoms with Gasteiger partial charge in [0.2, 0.25) is 0 Å². The highest BCUT2D eigenvalue weighted by atomic mass is 16.6. The minimum absolute atomic E-state index is 0.000392. The molecule has 0 saturated carbocycles. The first-order valence-corrected chi connectivity index (χ1v) is 7.47. The summed E-state index contributed by atoms with van der Waals surface area (Å²) in [6, 6.07) is 9.57. The number of benzene rings is 1. The van der Waals surface area contributed by atoms with Crippen molar-refractivity contribution in [2.24, 2.45) is 11.8 Å². The number of fused-ring (bicyclic) bond motifs is 2. The van der Waals surface area contributed by atoms with E-state index in [4.69, 9.17) is 4.74 Å². The van der Waals surface area contributed by atoms with Crippen LogP contribution in [-0.2, 0) is 11.3 Å². The molecule has 2 fully saturated rings. The number of nitrogens with zero attached hydrogens (tertiary/aromatic N) is 1. The number of carbonyl (C=O) groups excluding carboxylic acids is 1. The van der Waals surface area contributed by atoms with Gasteiger partial charge in [0.05, 0.1) is 0 Å². The van der Waals surface area contributed by atoms with Crippen molar-refractivity contribution in [3.63, 3.8) is 0 Å². The molecule has 0 aliphatic carbocycles. The molecule has 2 bridgehead atoms. The summed E-state index contributed by atoms with van der Waals surface area (Å²) in [6.45, 7) is 0.271. The molecule has 1 aromatic carbocycles. The van der Waals surface area contributed by atoms with Gasteiger partial charge in [0, 0.05) is 37.1 Å². The van der Waals surface area contributed by atoms with E-state index >= 15 is 0 Å². The van der Waals surface area contributed by atoms with Gasteiger partial charge in [-0.05, 0) is 18.4 Å². The summed E-state index contributed by atoms with van der Waals surface area (Å²) in [5, 5.41) is 19.0. The molecule has 2 aliphatic rings. The Kier molecular flexibility index (Phi) is 4.12. The van der Waals surface area contributed by atoms with E-state index in [-0.39, 0.29) is 49.8 Å². The lowest BCUT2D eigenvalue weighted by Crippen LogP contribution is -2.37. The topological polar surface area (TPSA) is 70.0 Å². The molecule has 2 N–H and O–H groups in total. The number of carbonyl (C=O) groups is 1. The normalized spacial score (nSPS) is 30.7. The van der Waals surface area contributed by atoms with Crippen LogP contribution in [0.15, 0.2) is 30.3 Å². The zero-order valence-electron chi connectivity index (χ0n) is 11.9. The maximum absolute atomic E-state index is 12.3. The molecule has 4 atom stereocenters. The van der Waals surface area contributed by atoms with Crippen LogP contribution in [0.25, 0.3) is 0 Å². The fourth-order valence-electron chi connectivity index (χ4n) is 3.86. The summed E-state index contributed by atoms with van der Waals surface area (Å²) in [7, 11) is 0. The van der Waals surface area contributed by atoms with Crippen molar-refractivity contribution in [3.8, 4) is 0 Å². The predicted molar refractivity (Wildman–Crippen MR) is 76.4 cm³/mol. The molecular formula is C16H21NO4. The van der Waals surface area contributed by atoms with Crippen LogP contribution in [0.5, 0.6) is 0 Å². The van der Waals surface area contributed by atoms with Crippen molar-refractivity contribution >= 4 is 6.09 Å². The van der Waals surface area contributed by atoms with Crippen molar-refractivity contribution in [1.82, 2.24) is 4.90 Å². The molecule has 1 aromatic rings. The Morgan fingerprint density at radius 3 is 2.19 bits per heavy atom. The van der Waals surface area contributed by atoms with Gasteiger partial charge in [-0.15, -0.1) is 0 Å². The van der Waals surface area contributed by atoms with Crippen LogP contribution in [0, 0.1) is 11.8 Å². The lowest BCUT2D eigenvalue weighted by molar-refractivity contribution is 0.0852. The second kappa shape index (κ2) is 6.03. The third-order valence-electron chi connectivity index (χ3n) is 4.85. The molecule has 3 rings (SSSR count). The Bertz CT molecular complexity index is 474. The van der Waals surface area contributed by atoms with Crippen molar-refractivity contribution in [1.29, 1.82) is 0 Å². The van der Waals surface area contributed by atoms with E-state index in [0.717, 1.165) is 18.4 Å². The number of aliphatic hydroxyl groups is 2. The van der Waals surface area contributed by atoms with E-state index in [0.29, 0.717) is 0 Å². The average molecular weight is 291 g/mol. The maximum Gasteiger partial charge on any atom is 0.410 e. The van der Waals surface area contributed by atoms with Crippen LogP contribution in [0.4, 0.5) is 4.79 Å². The van der Waals surface area contributed by atoms with E-state index < -0.39 is 0 Å². The van der Waals surface area contributed by atoms with Crippen molar-refractivity contribution < 1.29 is 19.7 Å². The Hall–Kier alpha value is -1.59. The van der Waals surface area contributed by atoms with E-state index in [1.165, 1.54) is 0 Å². The van der Waals surface area contributed by atoms with Crippen LogP contribution in [0.1, 0.15) is 18.4 Å². The molecule has 2 heterocycles. The smallest absolute Gasteiger partial charge is 0.410 e. The van der Waals surface area contributed by atoms with E-state index in [2.05, 4.69) is 0 Å². The van der Waals surface area contributed by atoms with Gasteiger partial charge >= 0.3 is 6.09 Å². The minimum atomic E-state index is -0.333. The van der Waals surface area contributed by atoms with Crippen LogP contribution in [0.2, 0.25) is 0 Å². The van der Waals surface area contributed by atoms with Crippen LogP contribution >= 0.6 is 0 Å². The first kappa shape index (κ1) is 14.4. The maximum atomic E-state index is 12.3. The molecule has 1 amide bonds. The molecule has 5 nitrogen and oxygen atoms in total. The number of ether oxygens (including phenoxy) is 1. The Balaban J connectivity index is 1.65. The van der Waals surface area contributed by atoms with Gasteiger partial charge in [-0.2, -0.15) is 0 Å². The minimum Gasteiger partial charge on any atom is -0.445 e. The van der Waals surface area contributed by atoms with Crippen molar-refractivity contribution in [2.45, 2.75) is 31.5 Å². The molecule has 2 aliphatic heterocycles. The van der Waals surface area contributed by atoms with Crippen LogP contribution in [-0.4, -0.2) is 46.5 Å². The summed E-state index contributed by atoms with van der Waals surface area (Å²) >= 11 is 0. The quantitative estimate of drug-likeness (QED) is 0.879. The van der Waals surface area contributed by atoms with Gasteiger partial charge in [0.15, 0.2) is 0 Å². The van der Waals surface area contributed by atoms with Gasteiger partial charge < -0.3 is 19.8 Å². The number of aliphatic hydroxyl groups excluding tert-OH is 2. The Morgan fingerprint density at radius 2 is 1.67 bits per heavy atom. The monoisotopic (exact) mass is 291 g/mol. The van der Waals surface area contributed by atoms with Gasteiger partial charge in [-0.25, -0.2) is 4.79 Å². The molecular weight excluding hydrogens is 270 g/mol. The summed E-state index contributed by atoms with van der Waals surface area (Å²) in [5.41, 5.74) is 0.954. The van der Waals surface area contributed by atoms with Gasteiger partial charge in [0.25, 0.3) is 0 Å². The molecule has 21 heavy (non-hydrogen) atoms. The molecule has 114 valence electrons. The molecule has 4 unspecified atom stereocenters. The summed E-state index contributed by atoms with van der Waals surface area (Å²) in [5.74, 6) is -0.0592. The van der Waals surface area contributed by atoms with Crippen molar-refractivity contribution in [2.75, 3.05) is 13.2 Å². The fourth-order valence-corrected chi connectivity index (χ4v) is 3.86. The van der Waals surface area contributed by atoms with Crippen LogP contribution in [0.3, 0.4) is 0 Å². The zero-order chi connectivity index (χ0) is 14.8. The summed E-state index contributed by atoms with van der Waals surface area (Å²) in [4.78, 5) is 14.1. The van der Waals surface area contributed by atoms with Gasteiger partial charge in [-0.1, -0.05) is 30.3 Å². The molecule has 2 saturated heterocycles. The van der Waals surface area contributed by atoms with E-state index in [1.807, 2.05) is 30.3 Å². The van der Waals surface area contributed by atoms with Crippen LogP contribution < -0.4 is 0 Å². The second-order valence-electron chi connectivity index (χ2n) is 5.85. The lowest BCUT2D eigenvalue weighted by Gasteiger charge is -2.24. The summed E-state index contributed by atoms with van der Waals surface area (Å²) < 4.78 is 5.40. The largest absolute Gasteiger partial charge is 0.445 e. The second-order valence-corrected chi connectivity index (χ2v) is 5.85. The third-order valence-corrected chi connectivity index (χ3v) is 4.85. The van der Waals surface area contributed by atoms with Gasteiger partial charge in [0.1, 0.15) is 6.61 Å². The Morgan fingerprint density at radius 1 is 1.10 bits per heavy atom. The van der Waals surface area contributed by atoms with E-state index in [1.54, 1.807) is 4.90 Å². The molecule has 0 aromatic heterocycles. The SMILES string of the molecule is O=C(OCc1ccccc1)N1C2CCC1C(CO)C2CO. The van der Waals surface area contributed by atoms with E-state index in [9.17, 15) is 15.0 Å². The van der Waals surface area contributed by atoms with Gasteiger partial charge in [-0.3, -0.25) is 0 Å². The average Bonchev–Trinajstić information content (AvgIpc) is 3.08. The summed E-state index contributed by atoms with van der Waals surface area (Å²) in [6.07, 6.45) is 1.43. The Labute approximate surface area is 124 Å². The first-order chi connectivity index (χ1) is 10.3. The highest BCUT2D eigenvalue weighted by Crippen LogP contribution is 2.45. The standard InChI is InChI=1S/C16H21NO4/c18-8-12-13(9-19)15-7-6-14(12)17(15)16(20)21-10-11-4-2-1-3-5-11/h1-5,12-15,18-19H,6-10H2. The lowest BCUT2D eigenvalue weighted by atomic mass is 9.80. The number of hydrogen-bond acceptors (Lipinski definition) is 4. The predicted octanol–water partition coefficient (Wildman–Crippen LogP) is 1.39. The molecule has 0 radical (unpaired) electrons. The zero-order valence-corrected chi connectivity index (χ0v) is 11.9. The highest BCUT2D eigenvalue weighted by Gasteiger charge is 2.54. The molecule has 0 spiro atoms. The van der Waals surface area contributed by atoms with Crippen molar-refractivity contribution in [3.05, 3.63) is 35.9 Å².